The summed E-state index contributed by atoms with van der Waals surface area (Å²) in [5.74, 6) is 0. The Morgan fingerprint density at radius 3 is 1.68 bits per heavy atom. The van der Waals surface area contributed by atoms with E-state index in [-0.39, 0.29) is 5.41 Å². The lowest BCUT2D eigenvalue weighted by molar-refractivity contribution is 0.660. The summed E-state index contributed by atoms with van der Waals surface area (Å²) in [6.07, 6.45) is 0. The standard InChI is InChI=1S/C57H42N2/c1-57(2)51-30-16-14-26-46(51)47-35-33-43(38-52(47)57)58(42-34-36-54-50(37-42)48-27-15-17-31-53(48)59(54)41-23-10-5-11-24-41)55-32-18-29-45(40-21-8-4-9-22-40)56(55)49-28-13-12-25-44(49)39-19-6-3-7-20-39/h3-38H,1-2H3. The van der Waals surface area contributed by atoms with Gasteiger partial charge in [0.05, 0.1) is 16.7 Å². The van der Waals surface area contributed by atoms with E-state index >= 15 is 0 Å². The van der Waals surface area contributed by atoms with E-state index in [4.69, 9.17) is 0 Å². The minimum Gasteiger partial charge on any atom is -0.310 e. The van der Waals surface area contributed by atoms with Gasteiger partial charge in [0.25, 0.3) is 0 Å². The zero-order valence-electron chi connectivity index (χ0n) is 33.2. The Labute approximate surface area is 345 Å². The summed E-state index contributed by atoms with van der Waals surface area (Å²) in [6, 6.07) is 80.0. The number of aromatic nitrogens is 1. The predicted octanol–water partition coefficient (Wildman–Crippen LogP) is 15.6. The number of hydrogen-bond acceptors (Lipinski definition) is 1. The van der Waals surface area contributed by atoms with E-state index in [9.17, 15) is 0 Å². The quantitative estimate of drug-likeness (QED) is 0.157. The molecule has 2 heteroatoms. The molecule has 11 rings (SSSR count). The summed E-state index contributed by atoms with van der Waals surface area (Å²) in [7, 11) is 0. The topological polar surface area (TPSA) is 8.17 Å². The van der Waals surface area contributed by atoms with Crippen LogP contribution >= 0.6 is 0 Å². The fourth-order valence-corrected chi connectivity index (χ4v) is 9.65. The molecule has 9 aromatic carbocycles. The van der Waals surface area contributed by atoms with E-state index in [0.717, 1.165) is 22.7 Å². The molecule has 0 unspecified atom stereocenters. The minimum absolute atomic E-state index is 0.157. The highest BCUT2D eigenvalue weighted by Gasteiger charge is 2.36. The highest BCUT2D eigenvalue weighted by molar-refractivity contribution is 6.11. The summed E-state index contributed by atoms with van der Waals surface area (Å²) in [6.45, 7) is 4.74. The molecular formula is C57H42N2. The number of anilines is 3. The summed E-state index contributed by atoms with van der Waals surface area (Å²) in [4.78, 5) is 2.51. The third-order valence-corrected chi connectivity index (χ3v) is 12.4. The maximum atomic E-state index is 2.51. The van der Waals surface area contributed by atoms with Gasteiger partial charge in [-0.2, -0.15) is 0 Å². The third kappa shape index (κ3) is 5.63. The SMILES string of the molecule is CC1(C)c2ccccc2-c2ccc(N(c3ccc4c(c3)c3ccccc3n4-c3ccccc3)c3cccc(-c4ccccc4)c3-c3ccccc3-c3ccccc3)cc21. The van der Waals surface area contributed by atoms with Crippen LogP contribution < -0.4 is 4.90 Å². The average Bonchev–Trinajstić information content (AvgIpc) is 3.75. The first-order valence-electron chi connectivity index (χ1n) is 20.5. The van der Waals surface area contributed by atoms with Crippen molar-refractivity contribution in [3.05, 3.63) is 230 Å². The van der Waals surface area contributed by atoms with Crippen molar-refractivity contribution in [1.82, 2.24) is 4.57 Å². The molecule has 2 nitrogen and oxygen atoms in total. The highest BCUT2D eigenvalue weighted by atomic mass is 15.1. The van der Waals surface area contributed by atoms with Crippen LogP contribution in [0.4, 0.5) is 17.1 Å². The van der Waals surface area contributed by atoms with Gasteiger partial charge in [-0.1, -0.05) is 178 Å². The molecule has 0 radical (unpaired) electrons. The van der Waals surface area contributed by atoms with Crippen LogP contribution in [0.3, 0.4) is 0 Å². The molecule has 1 aliphatic carbocycles. The number of para-hydroxylation sites is 2. The third-order valence-electron chi connectivity index (χ3n) is 12.4. The van der Waals surface area contributed by atoms with Gasteiger partial charge in [0.2, 0.25) is 0 Å². The molecular weight excluding hydrogens is 713 g/mol. The first-order valence-corrected chi connectivity index (χ1v) is 20.5. The Hall–Kier alpha value is -7.42. The summed E-state index contributed by atoms with van der Waals surface area (Å²) in [5.41, 5.74) is 19.2. The Bertz CT molecular complexity index is 3170. The normalized spacial score (nSPS) is 12.7. The van der Waals surface area contributed by atoms with E-state index in [1.165, 1.54) is 77.4 Å². The molecule has 1 aliphatic rings. The van der Waals surface area contributed by atoms with Crippen molar-refractivity contribution in [2.45, 2.75) is 19.3 Å². The van der Waals surface area contributed by atoms with Crippen molar-refractivity contribution in [1.29, 1.82) is 0 Å². The summed E-state index contributed by atoms with van der Waals surface area (Å²) >= 11 is 0. The van der Waals surface area contributed by atoms with Crippen LogP contribution in [0.15, 0.2) is 218 Å². The fourth-order valence-electron chi connectivity index (χ4n) is 9.65. The lowest BCUT2D eigenvalue weighted by Gasteiger charge is -2.31. The average molecular weight is 755 g/mol. The lowest BCUT2D eigenvalue weighted by Crippen LogP contribution is -2.17. The number of benzene rings is 9. The van der Waals surface area contributed by atoms with Crippen LogP contribution in [0.25, 0.3) is 72.0 Å². The van der Waals surface area contributed by atoms with Crippen LogP contribution in [-0.2, 0) is 5.41 Å². The molecule has 0 N–H and O–H groups in total. The van der Waals surface area contributed by atoms with Gasteiger partial charge in [0, 0.05) is 38.8 Å². The molecule has 10 aromatic rings. The fraction of sp³-hybridized carbons (Fsp3) is 0.0526. The molecule has 1 heterocycles. The van der Waals surface area contributed by atoms with E-state index < -0.39 is 0 Å². The minimum atomic E-state index is -0.157. The highest BCUT2D eigenvalue weighted by Crippen LogP contribution is 2.53. The Morgan fingerprint density at radius 2 is 0.915 bits per heavy atom. The maximum Gasteiger partial charge on any atom is 0.0546 e. The number of nitrogens with zero attached hydrogens (tertiary/aromatic N) is 2. The van der Waals surface area contributed by atoms with Gasteiger partial charge in [-0.3, -0.25) is 0 Å². The molecule has 0 bridgehead atoms. The van der Waals surface area contributed by atoms with Gasteiger partial charge in [-0.25, -0.2) is 0 Å². The van der Waals surface area contributed by atoms with E-state index in [1.807, 2.05) is 0 Å². The molecule has 0 amide bonds. The first kappa shape index (κ1) is 34.8. The molecule has 0 saturated carbocycles. The second kappa shape index (κ2) is 13.9. The van der Waals surface area contributed by atoms with Gasteiger partial charge >= 0.3 is 0 Å². The van der Waals surface area contributed by atoms with Gasteiger partial charge in [-0.15, -0.1) is 0 Å². The van der Waals surface area contributed by atoms with E-state index in [2.05, 4.69) is 242 Å². The zero-order valence-corrected chi connectivity index (χ0v) is 33.2. The predicted molar refractivity (Wildman–Crippen MR) is 249 cm³/mol. The maximum absolute atomic E-state index is 2.51. The number of fused-ring (bicyclic) bond motifs is 6. The molecule has 280 valence electrons. The van der Waals surface area contributed by atoms with Gasteiger partial charge in [-0.05, 0) is 105 Å². The van der Waals surface area contributed by atoms with Crippen LogP contribution in [0.1, 0.15) is 25.0 Å². The van der Waals surface area contributed by atoms with Gasteiger partial charge in [0.1, 0.15) is 0 Å². The Balaban J connectivity index is 1.22. The van der Waals surface area contributed by atoms with E-state index in [1.54, 1.807) is 0 Å². The molecule has 1 aromatic heterocycles. The monoisotopic (exact) mass is 754 g/mol. The van der Waals surface area contributed by atoms with Crippen molar-refractivity contribution < 1.29 is 0 Å². The Kier molecular flexibility index (Phi) is 8.20. The zero-order chi connectivity index (χ0) is 39.5. The van der Waals surface area contributed by atoms with Crippen LogP contribution in [0, 0.1) is 0 Å². The molecule has 0 fully saturated rings. The number of rotatable bonds is 7. The van der Waals surface area contributed by atoms with E-state index in [0.29, 0.717) is 0 Å². The van der Waals surface area contributed by atoms with Crippen molar-refractivity contribution >= 4 is 38.9 Å². The van der Waals surface area contributed by atoms with Crippen LogP contribution in [0.5, 0.6) is 0 Å². The van der Waals surface area contributed by atoms with Crippen LogP contribution in [0.2, 0.25) is 0 Å². The van der Waals surface area contributed by atoms with Crippen LogP contribution in [-0.4, -0.2) is 4.57 Å². The first-order chi connectivity index (χ1) is 29.1. The second-order valence-electron chi connectivity index (χ2n) is 16.1. The molecule has 0 spiro atoms. The molecule has 0 atom stereocenters. The van der Waals surface area contributed by atoms with Crippen molar-refractivity contribution in [2.24, 2.45) is 0 Å². The lowest BCUT2D eigenvalue weighted by atomic mass is 9.82. The molecule has 59 heavy (non-hydrogen) atoms. The second-order valence-corrected chi connectivity index (χ2v) is 16.1. The largest absolute Gasteiger partial charge is 0.310 e. The Morgan fingerprint density at radius 1 is 0.373 bits per heavy atom. The van der Waals surface area contributed by atoms with Gasteiger partial charge < -0.3 is 9.47 Å². The van der Waals surface area contributed by atoms with Crippen molar-refractivity contribution in [3.8, 4) is 50.2 Å². The van der Waals surface area contributed by atoms with Crippen molar-refractivity contribution in [2.75, 3.05) is 4.90 Å². The van der Waals surface area contributed by atoms with Gasteiger partial charge in [0.15, 0.2) is 0 Å². The van der Waals surface area contributed by atoms with Crippen molar-refractivity contribution in [3.63, 3.8) is 0 Å². The summed E-state index contributed by atoms with van der Waals surface area (Å²) in [5, 5.41) is 2.44. The smallest absolute Gasteiger partial charge is 0.0546 e. The molecule has 0 aliphatic heterocycles. The molecule has 0 saturated heterocycles. The number of hydrogen-bond donors (Lipinski definition) is 0. The summed E-state index contributed by atoms with van der Waals surface area (Å²) < 4.78 is 2.39.